The number of ether oxygens (including phenoxy) is 3. The maximum absolute atomic E-state index is 5.41. The summed E-state index contributed by atoms with van der Waals surface area (Å²) < 4.78 is 16.0. The highest BCUT2D eigenvalue weighted by atomic mass is 16.5. The Balaban J connectivity index is 1.59. The Morgan fingerprint density at radius 3 is 2.64 bits per heavy atom. The Labute approximate surface area is 167 Å². The van der Waals surface area contributed by atoms with Crippen LogP contribution in [0.1, 0.15) is 18.4 Å². The molecule has 0 saturated carbocycles. The summed E-state index contributed by atoms with van der Waals surface area (Å²) in [5.41, 5.74) is 1.25. The molecule has 1 aliphatic heterocycles. The topological polar surface area (TPSA) is 60.0 Å². The second-order valence-electron chi connectivity index (χ2n) is 7.08. The number of nitrogens with zero attached hydrogens (tertiary/aromatic N) is 4. The second-order valence-corrected chi connectivity index (χ2v) is 7.08. The molecular formula is C21H30N4O3. The van der Waals surface area contributed by atoms with Gasteiger partial charge in [-0.25, -0.2) is 9.97 Å². The summed E-state index contributed by atoms with van der Waals surface area (Å²) >= 11 is 0. The number of likely N-dealkylation sites (N-methyl/N-ethyl adjacent to an activating group) is 1. The van der Waals surface area contributed by atoms with Gasteiger partial charge in [-0.1, -0.05) is 6.07 Å². The Morgan fingerprint density at radius 2 is 1.89 bits per heavy atom. The maximum atomic E-state index is 5.41. The number of anilines is 1. The van der Waals surface area contributed by atoms with Crippen LogP contribution in [0.25, 0.3) is 0 Å². The zero-order valence-corrected chi connectivity index (χ0v) is 17.2. The predicted molar refractivity (Wildman–Crippen MR) is 110 cm³/mol. The average Bonchev–Trinajstić information content (AvgIpc) is 2.77. The molecule has 1 saturated heterocycles. The van der Waals surface area contributed by atoms with Crippen LogP contribution >= 0.6 is 0 Å². The van der Waals surface area contributed by atoms with Crippen molar-refractivity contribution in [3.8, 4) is 17.4 Å². The Kier molecular flexibility index (Phi) is 6.92. The predicted octanol–water partition coefficient (Wildman–Crippen LogP) is 2.65. The molecule has 1 atom stereocenters. The molecule has 1 fully saturated rings. The van der Waals surface area contributed by atoms with Crippen molar-refractivity contribution >= 4 is 5.82 Å². The maximum Gasteiger partial charge on any atom is 0.218 e. The summed E-state index contributed by atoms with van der Waals surface area (Å²) in [6.07, 6.45) is 4.88. The van der Waals surface area contributed by atoms with Crippen LogP contribution in [0, 0.1) is 0 Å². The fourth-order valence-corrected chi connectivity index (χ4v) is 3.66. The normalized spacial score (nSPS) is 16.9. The van der Waals surface area contributed by atoms with E-state index in [2.05, 4.69) is 38.9 Å². The van der Waals surface area contributed by atoms with Crippen molar-refractivity contribution in [2.75, 3.05) is 52.9 Å². The number of hydrogen-bond donors (Lipinski definition) is 0. The zero-order valence-electron chi connectivity index (χ0n) is 17.2. The lowest BCUT2D eigenvalue weighted by atomic mass is 10.0. The SMILES string of the molecule is COc1cc(N2CCCC(N(C)CCc3ccc(OC)c(OC)c3)C2)ncn1. The van der Waals surface area contributed by atoms with Gasteiger partial charge >= 0.3 is 0 Å². The summed E-state index contributed by atoms with van der Waals surface area (Å²) in [4.78, 5) is 13.3. The van der Waals surface area contributed by atoms with Gasteiger partial charge in [-0.05, 0) is 44.0 Å². The Bertz CT molecular complexity index is 771. The van der Waals surface area contributed by atoms with Crippen molar-refractivity contribution < 1.29 is 14.2 Å². The van der Waals surface area contributed by atoms with E-state index in [-0.39, 0.29) is 0 Å². The van der Waals surface area contributed by atoms with E-state index in [1.165, 1.54) is 12.0 Å². The molecule has 0 N–H and O–H groups in total. The molecule has 0 bridgehead atoms. The molecule has 0 radical (unpaired) electrons. The van der Waals surface area contributed by atoms with Gasteiger partial charge in [0.25, 0.3) is 0 Å². The van der Waals surface area contributed by atoms with E-state index in [4.69, 9.17) is 14.2 Å². The molecule has 2 aromatic rings. The van der Waals surface area contributed by atoms with Crippen molar-refractivity contribution in [3.63, 3.8) is 0 Å². The fourth-order valence-electron chi connectivity index (χ4n) is 3.66. The van der Waals surface area contributed by atoms with Gasteiger partial charge in [0.05, 0.1) is 21.3 Å². The first-order valence-corrected chi connectivity index (χ1v) is 9.66. The van der Waals surface area contributed by atoms with Gasteiger partial charge in [-0.3, -0.25) is 0 Å². The van der Waals surface area contributed by atoms with E-state index >= 15 is 0 Å². The number of piperidine rings is 1. The molecule has 3 rings (SSSR count). The van der Waals surface area contributed by atoms with Gasteiger partial charge in [0.2, 0.25) is 5.88 Å². The largest absolute Gasteiger partial charge is 0.493 e. The van der Waals surface area contributed by atoms with Gasteiger partial charge in [0.15, 0.2) is 11.5 Å². The molecular weight excluding hydrogens is 356 g/mol. The molecule has 7 nitrogen and oxygen atoms in total. The van der Waals surface area contributed by atoms with Crippen LogP contribution in [-0.4, -0.2) is 68.9 Å². The smallest absolute Gasteiger partial charge is 0.218 e. The van der Waals surface area contributed by atoms with Crippen LogP contribution in [0.5, 0.6) is 17.4 Å². The van der Waals surface area contributed by atoms with Crippen LogP contribution in [0.15, 0.2) is 30.6 Å². The first-order valence-electron chi connectivity index (χ1n) is 9.66. The zero-order chi connectivity index (χ0) is 19.9. The molecule has 0 aliphatic carbocycles. The van der Waals surface area contributed by atoms with E-state index < -0.39 is 0 Å². The third kappa shape index (κ3) is 4.84. The van der Waals surface area contributed by atoms with Crippen molar-refractivity contribution in [1.29, 1.82) is 0 Å². The molecule has 1 aromatic carbocycles. The van der Waals surface area contributed by atoms with Gasteiger partial charge in [-0.2, -0.15) is 0 Å². The first kappa shape index (κ1) is 20.2. The van der Waals surface area contributed by atoms with Crippen molar-refractivity contribution in [2.45, 2.75) is 25.3 Å². The van der Waals surface area contributed by atoms with Gasteiger partial charge in [0, 0.05) is 31.7 Å². The molecule has 1 aliphatic rings. The molecule has 0 amide bonds. The highest BCUT2D eigenvalue weighted by Crippen LogP contribution is 2.28. The lowest BCUT2D eigenvalue weighted by Crippen LogP contribution is -2.47. The van der Waals surface area contributed by atoms with Crippen molar-refractivity contribution in [3.05, 3.63) is 36.2 Å². The van der Waals surface area contributed by atoms with E-state index in [0.29, 0.717) is 11.9 Å². The van der Waals surface area contributed by atoms with Crippen LogP contribution in [0.4, 0.5) is 5.82 Å². The number of hydrogen-bond acceptors (Lipinski definition) is 7. The Hall–Kier alpha value is -2.54. The number of aromatic nitrogens is 2. The summed E-state index contributed by atoms with van der Waals surface area (Å²) in [5.74, 6) is 3.09. The minimum absolute atomic E-state index is 0.495. The Morgan fingerprint density at radius 1 is 1.07 bits per heavy atom. The molecule has 0 spiro atoms. The molecule has 152 valence electrons. The summed E-state index contributed by atoms with van der Waals surface area (Å²) in [7, 11) is 7.17. The highest BCUT2D eigenvalue weighted by molar-refractivity contribution is 5.43. The third-order valence-corrected chi connectivity index (χ3v) is 5.38. The lowest BCUT2D eigenvalue weighted by Gasteiger charge is -2.38. The summed E-state index contributed by atoms with van der Waals surface area (Å²) in [5, 5.41) is 0. The van der Waals surface area contributed by atoms with E-state index in [0.717, 1.165) is 49.8 Å². The average molecular weight is 386 g/mol. The lowest BCUT2D eigenvalue weighted by molar-refractivity contribution is 0.217. The van der Waals surface area contributed by atoms with E-state index in [1.54, 1.807) is 27.7 Å². The molecule has 28 heavy (non-hydrogen) atoms. The highest BCUT2D eigenvalue weighted by Gasteiger charge is 2.24. The van der Waals surface area contributed by atoms with Crippen LogP contribution in [0.3, 0.4) is 0 Å². The standard InChI is InChI=1S/C21H30N4O3/c1-24(11-9-16-7-8-18(26-2)19(12-16)27-3)17-6-5-10-25(14-17)20-13-21(28-4)23-15-22-20/h7-8,12-13,15,17H,5-6,9-11,14H2,1-4H3. The number of benzene rings is 1. The van der Waals surface area contributed by atoms with Crippen LogP contribution in [-0.2, 0) is 6.42 Å². The van der Waals surface area contributed by atoms with Crippen molar-refractivity contribution in [2.24, 2.45) is 0 Å². The molecule has 2 heterocycles. The van der Waals surface area contributed by atoms with E-state index in [9.17, 15) is 0 Å². The van der Waals surface area contributed by atoms with Gasteiger partial charge in [-0.15, -0.1) is 0 Å². The number of methoxy groups -OCH3 is 3. The summed E-state index contributed by atoms with van der Waals surface area (Å²) in [6, 6.07) is 8.54. The van der Waals surface area contributed by atoms with E-state index in [1.807, 2.05) is 12.1 Å². The minimum Gasteiger partial charge on any atom is -0.493 e. The van der Waals surface area contributed by atoms with Gasteiger partial charge < -0.3 is 24.0 Å². The molecule has 7 heteroatoms. The first-order chi connectivity index (χ1) is 13.6. The van der Waals surface area contributed by atoms with Crippen molar-refractivity contribution in [1.82, 2.24) is 14.9 Å². The third-order valence-electron chi connectivity index (χ3n) is 5.38. The quantitative estimate of drug-likeness (QED) is 0.691. The van der Waals surface area contributed by atoms with Gasteiger partial charge in [0.1, 0.15) is 12.1 Å². The molecule has 1 unspecified atom stereocenters. The van der Waals surface area contributed by atoms with Crippen LogP contribution < -0.4 is 19.1 Å². The van der Waals surface area contributed by atoms with Crippen LogP contribution in [0.2, 0.25) is 0 Å². The monoisotopic (exact) mass is 386 g/mol. The minimum atomic E-state index is 0.495. The number of rotatable bonds is 8. The summed E-state index contributed by atoms with van der Waals surface area (Å²) in [6.45, 7) is 2.96. The second kappa shape index (κ2) is 9.59. The fraction of sp³-hybridized carbons (Fsp3) is 0.524. The molecule has 1 aromatic heterocycles.